The molecule has 4 nitrogen and oxygen atoms in total. The van der Waals surface area contributed by atoms with E-state index in [0.29, 0.717) is 12.6 Å². The van der Waals surface area contributed by atoms with Gasteiger partial charge in [0.15, 0.2) is 0 Å². The zero-order valence-corrected chi connectivity index (χ0v) is 12.7. The summed E-state index contributed by atoms with van der Waals surface area (Å²) in [5.74, 6) is -0.415. The number of nitrogens with zero attached hydrogens (tertiary/aromatic N) is 1. The highest BCUT2D eigenvalue weighted by atomic mass is 19.1. The maximum absolute atomic E-state index is 13.6. The van der Waals surface area contributed by atoms with Crippen LogP contribution >= 0.6 is 0 Å². The highest BCUT2D eigenvalue weighted by molar-refractivity contribution is 5.89. The molecular formula is C16H23FN2O2. The molecule has 1 saturated heterocycles. The summed E-state index contributed by atoms with van der Waals surface area (Å²) >= 11 is 0. The van der Waals surface area contributed by atoms with Gasteiger partial charge in [0.05, 0.1) is 11.8 Å². The van der Waals surface area contributed by atoms with Crippen LogP contribution < -0.4 is 5.32 Å². The summed E-state index contributed by atoms with van der Waals surface area (Å²) in [6.07, 6.45) is 4.45. The van der Waals surface area contributed by atoms with E-state index in [-0.39, 0.29) is 11.7 Å². The maximum atomic E-state index is 13.6. The average Bonchev–Trinajstić information content (AvgIpc) is 2.96. The quantitative estimate of drug-likeness (QED) is 0.902. The number of hydrogen-bond acceptors (Lipinski definition) is 2. The molecule has 1 aliphatic rings. The van der Waals surface area contributed by atoms with Crippen LogP contribution in [0.15, 0.2) is 18.2 Å². The van der Waals surface area contributed by atoms with Gasteiger partial charge in [-0.1, -0.05) is 6.07 Å². The van der Waals surface area contributed by atoms with Crippen LogP contribution in [-0.4, -0.2) is 37.2 Å². The Morgan fingerprint density at radius 1 is 1.52 bits per heavy atom. The molecule has 1 aromatic rings. The van der Waals surface area contributed by atoms with Crippen LogP contribution in [0.2, 0.25) is 0 Å². The van der Waals surface area contributed by atoms with E-state index in [1.807, 2.05) is 6.92 Å². The van der Waals surface area contributed by atoms with Crippen molar-refractivity contribution in [1.29, 1.82) is 0 Å². The van der Waals surface area contributed by atoms with Gasteiger partial charge in [0.25, 0.3) is 0 Å². The predicted molar refractivity (Wildman–Crippen MR) is 81.0 cm³/mol. The van der Waals surface area contributed by atoms with Gasteiger partial charge >= 0.3 is 6.03 Å². The van der Waals surface area contributed by atoms with Crippen LogP contribution in [0.25, 0.3) is 0 Å². The smallest absolute Gasteiger partial charge is 0.321 e. The van der Waals surface area contributed by atoms with Crippen molar-refractivity contribution in [1.82, 2.24) is 4.90 Å². The first-order chi connectivity index (χ1) is 10.1. The van der Waals surface area contributed by atoms with Crippen molar-refractivity contribution in [2.75, 3.05) is 25.5 Å². The molecule has 5 heteroatoms. The fourth-order valence-electron chi connectivity index (χ4n) is 2.48. The molecule has 1 aromatic carbocycles. The molecule has 21 heavy (non-hydrogen) atoms. The minimum atomic E-state index is -0.415. The van der Waals surface area contributed by atoms with E-state index < -0.39 is 5.82 Å². The van der Waals surface area contributed by atoms with E-state index in [0.717, 1.165) is 37.9 Å². The third-order valence-corrected chi connectivity index (χ3v) is 3.75. The molecule has 0 bridgehead atoms. The monoisotopic (exact) mass is 294 g/mol. The molecule has 0 aromatic heterocycles. The number of rotatable bonds is 5. The van der Waals surface area contributed by atoms with Gasteiger partial charge in [-0.2, -0.15) is 0 Å². The number of nitrogens with one attached hydrogen (secondary N) is 1. The third-order valence-electron chi connectivity index (χ3n) is 3.75. The molecular weight excluding hydrogens is 271 g/mol. The van der Waals surface area contributed by atoms with Crippen molar-refractivity contribution in [3.05, 3.63) is 29.6 Å². The van der Waals surface area contributed by atoms with E-state index >= 15 is 0 Å². The summed E-state index contributed by atoms with van der Waals surface area (Å²) in [6, 6.07) is 4.39. The number of anilines is 1. The Bertz CT molecular complexity index is 487. The van der Waals surface area contributed by atoms with Crippen molar-refractivity contribution >= 4 is 11.7 Å². The average molecular weight is 294 g/mol. The van der Waals surface area contributed by atoms with Crippen LogP contribution in [0.3, 0.4) is 0 Å². The lowest BCUT2D eigenvalue weighted by Gasteiger charge is -2.19. The van der Waals surface area contributed by atoms with Crippen molar-refractivity contribution in [3.63, 3.8) is 0 Å². The van der Waals surface area contributed by atoms with E-state index in [9.17, 15) is 9.18 Å². The van der Waals surface area contributed by atoms with Crippen LogP contribution in [0, 0.1) is 12.7 Å². The van der Waals surface area contributed by atoms with Gasteiger partial charge < -0.3 is 15.0 Å². The number of aryl methyl sites for hydroxylation is 1. The summed E-state index contributed by atoms with van der Waals surface area (Å²) in [7, 11) is 1.72. The normalized spacial score (nSPS) is 17.8. The fraction of sp³-hybridized carbons (Fsp3) is 0.562. The molecule has 2 amide bonds. The third kappa shape index (κ3) is 4.70. The Hall–Kier alpha value is -1.62. The van der Waals surface area contributed by atoms with E-state index in [2.05, 4.69) is 5.32 Å². The van der Waals surface area contributed by atoms with Crippen molar-refractivity contribution < 1.29 is 13.9 Å². The van der Waals surface area contributed by atoms with E-state index in [4.69, 9.17) is 4.74 Å². The molecule has 1 fully saturated rings. The fourth-order valence-corrected chi connectivity index (χ4v) is 2.48. The zero-order valence-electron chi connectivity index (χ0n) is 12.7. The Balaban J connectivity index is 1.77. The van der Waals surface area contributed by atoms with E-state index in [1.165, 1.54) is 6.07 Å². The number of benzene rings is 1. The second-order valence-corrected chi connectivity index (χ2v) is 5.61. The van der Waals surface area contributed by atoms with Crippen molar-refractivity contribution in [2.45, 2.75) is 38.7 Å². The number of urea groups is 1. The minimum Gasteiger partial charge on any atom is -0.378 e. The lowest BCUT2D eigenvalue weighted by atomic mass is 10.1. The molecule has 0 spiro atoms. The number of halogens is 1. The van der Waals surface area contributed by atoms with Crippen LogP contribution in [0.5, 0.6) is 0 Å². The summed E-state index contributed by atoms with van der Waals surface area (Å²) in [4.78, 5) is 13.6. The number of carbonyl (C=O) groups excluding carboxylic acids is 1. The summed E-state index contributed by atoms with van der Waals surface area (Å²) < 4.78 is 19.2. The van der Waals surface area contributed by atoms with Crippen LogP contribution in [0.1, 0.15) is 31.2 Å². The Morgan fingerprint density at radius 2 is 2.33 bits per heavy atom. The maximum Gasteiger partial charge on any atom is 0.321 e. The number of hydrogen-bond donors (Lipinski definition) is 1. The molecule has 1 unspecified atom stereocenters. The highest BCUT2D eigenvalue weighted by Crippen LogP contribution is 2.18. The second kappa shape index (κ2) is 7.41. The van der Waals surface area contributed by atoms with E-state index in [1.54, 1.807) is 24.1 Å². The van der Waals surface area contributed by atoms with Gasteiger partial charge in [-0.3, -0.25) is 0 Å². The first-order valence-corrected chi connectivity index (χ1v) is 7.46. The molecule has 116 valence electrons. The summed E-state index contributed by atoms with van der Waals surface area (Å²) in [5, 5.41) is 2.61. The molecule has 1 aliphatic heterocycles. The Kier molecular flexibility index (Phi) is 5.56. The number of ether oxygens (including phenoxy) is 1. The highest BCUT2D eigenvalue weighted by Gasteiger charge is 2.16. The van der Waals surface area contributed by atoms with Crippen LogP contribution in [-0.2, 0) is 4.74 Å². The molecule has 1 N–H and O–H groups in total. The van der Waals surface area contributed by atoms with Gasteiger partial charge in [0.1, 0.15) is 5.82 Å². The SMILES string of the molecule is Cc1ccc(F)c(NC(=O)N(C)CCCC2CCCO2)c1. The Morgan fingerprint density at radius 3 is 3.05 bits per heavy atom. The minimum absolute atomic E-state index is 0.228. The standard InChI is InChI=1S/C16H23FN2O2/c1-12-7-8-14(17)15(11-12)18-16(20)19(2)9-3-5-13-6-4-10-21-13/h7-8,11,13H,3-6,9-10H2,1-2H3,(H,18,20). The van der Waals surface area contributed by atoms with Gasteiger partial charge in [0, 0.05) is 20.2 Å². The molecule has 1 atom stereocenters. The largest absolute Gasteiger partial charge is 0.378 e. The van der Waals surface area contributed by atoms with Gasteiger partial charge in [0.2, 0.25) is 0 Å². The molecule has 0 saturated carbocycles. The molecule has 0 aliphatic carbocycles. The van der Waals surface area contributed by atoms with Gasteiger partial charge in [-0.15, -0.1) is 0 Å². The first kappa shape index (κ1) is 15.8. The first-order valence-electron chi connectivity index (χ1n) is 7.46. The lowest BCUT2D eigenvalue weighted by molar-refractivity contribution is 0.101. The van der Waals surface area contributed by atoms with Gasteiger partial charge in [-0.25, -0.2) is 9.18 Å². The predicted octanol–water partition coefficient (Wildman–Crippen LogP) is 3.56. The van der Waals surface area contributed by atoms with Crippen LogP contribution in [0.4, 0.5) is 14.9 Å². The topological polar surface area (TPSA) is 41.6 Å². The van der Waals surface area contributed by atoms with Gasteiger partial charge in [-0.05, 0) is 50.3 Å². The number of carbonyl (C=O) groups is 1. The summed E-state index contributed by atoms with van der Waals surface area (Å²) in [6.45, 7) is 3.35. The lowest BCUT2D eigenvalue weighted by Crippen LogP contribution is -2.32. The number of amides is 2. The second-order valence-electron chi connectivity index (χ2n) is 5.61. The Labute approximate surface area is 125 Å². The zero-order chi connectivity index (χ0) is 15.2. The molecule has 1 heterocycles. The summed E-state index contributed by atoms with van der Waals surface area (Å²) in [5.41, 5.74) is 1.14. The van der Waals surface area contributed by atoms with Crippen molar-refractivity contribution in [2.24, 2.45) is 0 Å². The van der Waals surface area contributed by atoms with Crippen molar-refractivity contribution in [3.8, 4) is 0 Å². The molecule has 2 rings (SSSR count). The molecule has 0 radical (unpaired) electrons.